The summed E-state index contributed by atoms with van der Waals surface area (Å²) in [5.74, 6) is 2.58. The SMILES string of the molecule is C[C@@H](OC(=O)C1C2CC3CC(C2)CC1C3)C(=O)NC1CCCC1. The van der Waals surface area contributed by atoms with Gasteiger partial charge in [-0.3, -0.25) is 9.59 Å². The smallest absolute Gasteiger partial charge is 0.310 e. The Morgan fingerprint density at radius 2 is 1.52 bits per heavy atom. The summed E-state index contributed by atoms with van der Waals surface area (Å²) in [7, 11) is 0. The van der Waals surface area contributed by atoms with Gasteiger partial charge < -0.3 is 10.1 Å². The Morgan fingerprint density at radius 3 is 2.09 bits per heavy atom. The monoisotopic (exact) mass is 319 g/mol. The van der Waals surface area contributed by atoms with Crippen LogP contribution in [0.4, 0.5) is 0 Å². The molecule has 0 aromatic rings. The predicted octanol–water partition coefficient (Wildman–Crippen LogP) is 3.05. The van der Waals surface area contributed by atoms with Gasteiger partial charge in [-0.25, -0.2) is 0 Å². The Labute approximate surface area is 138 Å². The number of esters is 1. The van der Waals surface area contributed by atoms with Gasteiger partial charge in [0.1, 0.15) is 0 Å². The molecule has 0 aliphatic heterocycles. The quantitative estimate of drug-likeness (QED) is 0.810. The summed E-state index contributed by atoms with van der Waals surface area (Å²) in [6, 6.07) is 0.282. The summed E-state index contributed by atoms with van der Waals surface area (Å²) < 4.78 is 5.60. The maximum atomic E-state index is 12.7. The third-order valence-corrected chi connectivity index (χ3v) is 6.86. The van der Waals surface area contributed by atoms with Crippen molar-refractivity contribution in [2.75, 3.05) is 0 Å². The van der Waals surface area contributed by atoms with Crippen molar-refractivity contribution in [2.45, 2.75) is 76.9 Å². The molecule has 4 heteroatoms. The van der Waals surface area contributed by atoms with Crippen molar-refractivity contribution < 1.29 is 14.3 Å². The maximum Gasteiger partial charge on any atom is 0.310 e. The van der Waals surface area contributed by atoms with Gasteiger partial charge in [-0.2, -0.15) is 0 Å². The molecule has 1 amide bonds. The van der Waals surface area contributed by atoms with E-state index in [2.05, 4.69) is 5.32 Å². The average Bonchev–Trinajstić information content (AvgIpc) is 2.98. The summed E-state index contributed by atoms with van der Waals surface area (Å²) in [5, 5.41) is 3.04. The molecule has 5 rings (SSSR count). The lowest BCUT2D eigenvalue weighted by molar-refractivity contribution is -0.170. The number of hydrogen-bond donors (Lipinski definition) is 1. The van der Waals surface area contributed by atoms with Crippen molar-refractivity contribution in [3.05, 3.63) is 0 Å². The Hall–Kier alpha value is -1.06. The minimum atomic E-state index is -0.653. The Kier molecular flexibility index (Phi) is 4.10. The number of hydrogen-bond acceptors (Lipinski definition) is 3. The minimum Gasteiger partial charge on any atom is -0.452 e. The van der Waals surface area contributed by atoms with E-state index >= 15 is 0 Å². The molecule has 4 bridgehead atoms. The Morgan fingerprint density at radius 1 is 0.957 bits per heavy atom. The lowest BCUT2D eigenvalue weighted by atomic mass is 9.52. The fourth-order valence-electron chi connectivity index (χ4n) is 6.01. The average molecular weight is 319 g/mol. The van der Waals surface area contributed by atoms with Gasteiger partial charge in [0, 0.05) is 6.04 Å². The molecule has 5 aliphatic carbocycles. The summed E-state index contributed by atoms with van der Waals surface area (Å²) in [4.78, 5) is 24.9. The van der Waals surface area contributed by atoms with E-state index in [1.807, 2.05) is 0 Å². The lowest BCUT2D eigenvalue weighted by Gasteiger charge is -2.53. The predicted molar refractivity (Wildman–Crippen MR) is 86.5 cm³/mol. The molecule has 5 aliphatic rings. The van der Waals surface area contributed by atoms with Crippen LogP contribution in [0.2, 0.25) is 0 Å². The molecule has 5 fully saturated rings. The summed E-state index contributed by atoms with van der Waals surface area (Å²) in [6.45, 7) is 1.72. The van der Waals surface area contributed by atoms with Crippen LogP contribution in [0, 0.1) is 29.6 Å². The van der Waals surface area contributed by atoms with E-state index in [1.54, 1.807) is 6.92 Å². The third-order valence-electron chi connectivity index (χ3n) is 6.86. The van der Waals surface area contributed by atoms with E-state index < -0.39 is 6.10 Å². The number of ether oxygens (including phenoxy) is 1. The lowest BCUT2D eigenvalue weighted by Crippen LogP contribution is -2.50. The van der Waals surface area contributed by atoms with Gasteiger partial charge in [0.25, 0.3) is 5.91 Å². The molecule has 0 saturated heterocycles. The second kappa shape index (κ2) is 6.10. The van der Waals surface area contributed by atoms with Crippen LogP contribution in [0.5, 0.6) is 0 Å². The zero-order valence-electron chi connectivity index (χ0n) is 14.1. The van der Waals surface area contributed by atoms with Crippen molar-refractivity contribution in [1.29, 1.82) is 0 Å². The number of carbonyl (C=O) groups is 2. The largest absolute Gasteiger partial charge is 0.452 e. The van der Waals surface area contributed by atoms with Crippen LogP contribution in [-0.4, -0.2) is 24.0 Å². The molecule has 5 saturated carbocycles. The summed E-state index contributed by atoms with van der Waals surface area (Å²) >= 11 is 0. The maximum absolute atomic E-state index is 12.7. The number of nitrogens with one attached hydrogen (secondary N) is 1. The van der Waals surface area contributed by atoms with E-state index in [0.717, 1.165) is 24.7 Å². The fraction of sp³-hybridized carbons (Fsp3) is 0.895. The van der Waals surface area contributed by atoms with Crippen LogP contribution in [-0.2, 0) is 14.3 Å². The van der Waals surface area contributed by atoms with E-state index in [-0.39, 0.29) is 23.8 Å². The van der Waals surface area contributed by atoms with E-state index in [0.29, 0.717) is 11.8 Å². The highest BCUT2D eigenvalue weighted by molar-refractivity contribution is 5.84. The van der Waals surface area contributed by atoms with Gasteiger partial charge in [0.05, 0.1) is 5.92 Å². The van der Waals surface area contributed by atoms with Crippen LogP contribution in [0.25, 0.3) is 0 Å². The van der Waals surface area contributed by atoms with Crippen molar-refractivity contribution in [1.82, 2.24) is 5.32 Å². The van der Waals surface area contributed by atoms with Gasteiger partial charge in [-0.1, -0.05) is 12.8 Å². The van der Waals surface area contributed by atoms with Gasteiger partial charge >= 0.3 is 5.97 Å². The van der Waals surface area contributed by atoms with Crippen LogP contribution < -0.4 is 5.32 Å². The van der Waals surface area contributed by atoms with Crippen molar-refractivity contribution >= 4 is 11.9 Å². The van der Waals surface area contributed by atoms with E-state index in [9.17, 15) is 9.59 Å². The van der Waals surface area contributed by atoms with Gasteiger partial charge in [-0.15, -0.1) is 0 Å². The highest BCUT2D eigenvalue weighted by atomic mass is 16.5. The molecule has 128 valence electrons. The normalized spacial score (nSPS) is 40.1. The van der Waals surface area contributed by atoms with E-state index in [1.165, 1.54) is 44.9 Å². The van der Waals surface area contributed by atoms with Crippen molar-refractivity contribution in [3.63, 3.8) is 0 Å². The van der Waals surface area contributed by atoms with Crippen LogP contribution in [0.3, 0.4) is 0 Å². The molecule has 0 unspecified atom stereocenters. The highest BCUT2D eigenvalue weighted by Crippen LogP contribution is 2.56. The molecule has 0 heterocycles. The zero-order chi connectivity index (χ0) is 16.0. The molecular weight excluding hydrogens is 290 g/mol. The molecule has 23 heavy (non-hydrogen) atoms. The second-order valence-electron chi connectivity index (χ2n) is 8.53. The third kappa shape index (κ3) is 3.01. The standard InChI is InChI=1S/C19H29NO3/c1-11(18(21)20-16-4-2-3-5-16)23-19(22)17-14-7-12-6-13(9-14)10-15(17)8-12/h11-17H,2-10H2,1H3,(H,20,21)/t11-,12?,13?,14?,15?,17?/m1/s1. The molecular formula is C19H29NO3. The van der Waals surface area contributed by atoms with Gasteiger partial charge in [0.15, 0.2) is 6.10 Å². The first-order chi connectivity index (χ1) is 11.1. The first kappa shape index (κ1) is 15.5. The molecule has 0 spiro atoms. The first-order valence-corrected chi connectivity index (χ1v) is 9.61. The number of rotatable bonds is 4. The molecule has 0 aromatic carbocycles. The number of amides is 1. The fourth-order valence-corrected chi connectivity index (χ4v) is 6.01. The summed E-state index contributed by atoms with van der Waals surface area (Å²) in [5.41, 5.74) is 0. The van der Waals surface area contributed by atoms with Crippen LogP contribution in [0.1, 0.15) is 64.7 Å². The Balaban J connectivity index is 1.33. The molecule has 4 nitrogen and oxygen atoms in total. The molecule has 0 radical (unpaired) electrons. The van der Waals surface area contributed by atoms with Gasteiger partial charge in [0.2, 0.25) is 0 Å². The van der Waals surface area contributed by atoms with Crippen LogP contribution in [0.15, 0.2) is 0 Å². The van der Waals surface area contributed by atoms with Crippen LogP contribution >= 0.6 is 0 Å². The molecule has 1 N–H and O–H groups in total. The minimum absolute atomic E-state index is 0.0598. The Bertz CT molecular complexity index is 455. The van der Waals surface area contributed by atoms with E-state index in [4.69, 9.17) is 4.74 Å². The molecule has 0 aromatic heterocycles. The highest BCUT2D eigenvalue weighted by Gasteiger charge is 2.51. The topological polar surface area (TPSA) is 55.4 Å². The second-order valence-corrected chi connectivity index (χ2v) is 8.53. The number of carbonyl (C=O) groups excluding carboxylic acids is 2. The summed E-state index contributed by atoms with van der Waals surface area (Å²) in [6.07, 6.45) is 10.0. The van der Waals surface area contributed by atoms with Crippen molar-refractivity contribution in [3.8, 4) is 0 Å². The van der Waals surface area contributed by atoms with Crippen molar-refractivity contribution in [2.24, 2.45) is 29.6 Å². The van der Waals surface area contributed by atoms with Gasteiger partial charge in [-0.05, 0) is 75.5 Å². The first-order valence-electron chi connectivity index (χ1n) is 9.61. The zero-order valence-corrected chi connectivity index (χ0v) is 14.1. The molecule has 1 atom stereocenters.